The average Bonchev–Trinajstić information content (AvgIpc) is 2.42. The molecule has 0 heterocycles. The molecule has 100 valence electrons. The highest BCUT2D eigenvalue weighted by molar-refractivity contribution is 6.43. The van der Waals surface area contributed by atoms with E-state index in [1.807, 2.05) is 12.1 Å². The van der Waals surface area contributed by atoms with Crippen molar-refractivity contribution in [2.45, 2.75) is 19.3 Å². The van der Waals surface area contributed by atoms with Crippen LogP contribution in [0.5, 0.6) is 0 Å². The highest BCUT2D eigenvalue weighted by atomic mass is 35.5. The van der Waals surface area contributed by atoms with Crippen molar-refractivity contribution in [1.82, 2.24) is 0 Å². The van der Waals surface area contributed by atoms with Crippen molar-refractivity contribution in [1.29, 1.82) is 0 Å². The molecule has 0 radical (unpaired) electrons. The molecule has 2 aromatic carbocycles. The Labute approximate surface area is 124 Å². The van der Waals surface area contributed by atoms with Crippen molar-refractivity contribution < 1.29 is 0 Å². The Hall–Kier alpha value is -1.02. The van der Waals surface area contributed by atoms with E-state index in [1.165, 1.54) is 5.56 Å². The maximum atomic E-state index is 6.23. The lowest BCUT2D eigenvalue weighted by atomic mass is 9.95. The summed E-state index contributed by atoms with van der Waals surface area (Å²) in [5.41, 5.74) is 8.94. The minimum absolute atomic E-state index is 0.480. The summed E-state index contributed by atoms with van der Waals surface area (Å²) in [4.78, 5) is 0. The fourth-order valence-electron chi connectivity index (χ4n) is 2.13. The second kappa shape index (κ2) is 6.42. The molecule has 1 atom stereocenters. The van der Waals surface area contributed by atoms with Crippen LogP contribution in [0.1, 0.15) is 24.8 Å². The van der Waals surface area contributed by atoms with E-state index < -0.39 is 0 Å². The number of hydrogen-bond donors (Lipinski definition) is 1. The molecular formula is C16H17Cl2N. The molecule has 0 saturated heterocycles. The third kappa shape index (κ3) is 3.30. The Balaban J connectivity index is 2.30. The Morgan fingerprint density at radius 3 is 2.37 bits per heavy atom. The summed E-state index contributed by atoms with van der Waals surface area (Å²) in [5, 5.41) is 1.19. The Bertz CT molecular complexity index is 549. The molecule has 3 heteroatoms. The molecule has 2 aromatic rings. The molecule has 0 aliphatic rings. The molecule has 19 heavy (non-hydrogen) atoms. The van der Waals surface area contributed by atoms with Gasteiger partial charge in [-0.15, -0.1) is 0 Å². The summed E-state index contributed by atoms with van der Waals surface area (Å²) in [5.74, 6) is 0.480. The summed E-state index contributed by atoms with van der Waals surface area (Å²) < 4.78 is 0. The lowest BCUT2D eigenvalue weighted by molar-refractivity contribution is 0.690. The predicted molar refractivity (Wildman–Crippen MR) is 84.0 cm³/mol. The van der Waals surface area contributed by atoms with Crippen LogP contribution in [-0.4, -0.2) is 6.54 Å². The van der Waals surface area contributed by atoms with Crippen LogP contribution in [0.2, 0.25) is 10.0 Å². The second-order valence-corrected chi connectivity index (χ2v) is 5.49. The van der Waals surface area contributed by atoms with Gasteiger partial charge >= 0.3 is 0 Å². The Morgan fingerprint density at radius 1 is 1.05 bits per heavy atom. The third-order valence-electron chi connectivity index (χ3n) is 3.34. The Kier molecular flexibility index (Phi) is 4.87. The molecule has 0 aromatic heterocycles. The van der Waals surface area contributed by atoms with E-state index >= 15 is 0 Å². The van der Waals surface area contributed by atoms with E-state index in [2.05, 4.69) is 31.2 Å². The van der Waals surface area contributed by atoms with Gasteiger partial charge in [0, 0.05) is 5.56 Å². The van der Waals surface area contributed by atoms with E-state index in [4.69, 9.17) is 28.9 Å². The minimum Gasteiger partial charge on any atom is -0.330 e. The molecule has 0 spiro atoms. The largest absolute Gasteiger partial charge is 0.330 e. The van der Waals surface area contributed by atoms with Crippen LogP contribution in [0.15, 0.2) is 42.5 Å². The zero-order chi connectivity index (χ0) is 13.8. The van der Waals surface area contributed by atoms with Crippen LogP contribution in [0, 0.1) is 0 Å². The lowest BCUT2D eigenvalue weighted by Crippen LogP contribution is -2.04. The monoisotopic (exact) mass is 293 g/mol. The number of halogens is 2. The molecular weight excluding hydrogens is 277 g/mol. The molecule has 0 aliphatic carbocycles. The average molecular weight is 294 g/mol. The van der Waals surface area contributed by atoms with Gasteiger partial charge < -0.3 is 5.73 Å². The van der Waals surface area contributed by atoms with Crippen LogP contribution in [0.4, 0.5) is 0 Å². The quantitative estimate of drug-likeness (QED) is 0.832. The van der Waals surface area contributed by atoms with Gasteiger partial charge in [0.15, 0.2) is 0 Å². The summed E-state index contributed by atoms with van der Waals surface area (Å²) >= 11 is 12.3. The zero-order valence-electron chi connectivity index (χ0n) is 10.9. The molecule has 0 saturated carbocycles. The predicted octanol–water partition coefficient (Wildman–Crippen LogP) is 5.11. The first-order valence-corrected chi connectivity index (χ1v) is 7.13. The highest BCUT2D eigenvalue weighted by Gasteiger charge is 2.08. The normalized spacial score (nSPS) is 12.4. The maximum absolute atomic E-state index is 6.23. The fourth-order valence-corrected chi connectivity index (χ4v) is 2.54. The summed E-state index contributed by atoms with van der Waals surface area (Å²) in [6.45, 7) is 2.90. The SMILES string of the molecule is CC(CCN)c1ccc(-c2cccc(Cl)c2Cl)cc1. The summed E-state index contributed by atoms with van der Waals surface area (Å²) in [6.07, 6.45) is 0.997. The van der Waals surface area contributed by atoms with Crippen molar-refractivity contribution in [3.8, 4) is 11.1 Å². The number of nitrogens with two attached hydrogens (primary N) is 1. The Morgan fingerprint density at radius 2 is 1.74 bits per heavy atom. The van der Waals surface area contributed by atoms with Gasteiger partial charge in [0.05, 0.1) is 10.0 Å². The first-order chi connectivity index (χ1) is 9.13. The lowest BCUT2D eigenvalue weighted by Gasteiger charge is -2.12. The van der Waals surface area contributed by atoms with Crippen LogP contribution < -0.4 is 5.73 Å². The van der Waals surface area contributed by atoms with Crippen LogP contribution in [0.3, 0.4) is 0 Å². The number of benzene rings is 2. The van der Waals surface area contributed by atoms with E-state index in [0.717, 1.165) is 17.5 Å². The van der Waals surface area contributed by atoms with Gasteiger partial charge in [-0.05, 0) is 36.1 Å². The molecule has 0 fully saturated rings. The smallest absolute Gasteiger partial charge is 0.0670 e. The van der Waals surface area contributed by atoms with Crippen molar-refractivity contribution in [3.63, 3.8) is 0 Å². The van der Waals surface area contributed by atoms with Gasteiger partial charge in [-0.25, -0.2) is 0 Å². The fraction of sp³-hybridized carbons (Fsp3) is 0.250. The molecule has 1 nitrogen and oxygen atoms in total. The van der Waals surface area contributed by atoms with Crippen molar-refractivity contribution in [2.75, 3.05) is 6.54 Å². The highest BCUT2D eigenvalue weighted by Crippen LogP contribution is 2.34. The molecule has 2 rings (SSSR count). The number of rotatable bonds is 4. The van der Waals surface area contributed by atoms with Gasteiger partial charge in [0.2, 0.25) is 0 Å². The van der Waals surface area contributed by atoms with Crippen molar-refractivity contribution in [2.24, 2.45) is 5.73 Å². The van der Waals surface area contributed by atoms with Crippen LogP contribution in [-0.2, 0) is 0 Å². The van der Waals surface area contributed by atoms with Gasteiger partial charge in [-0.1, -0.05) is 66.5 Å². The maximum Gasteiger partial charge on any atom is 0.0670 e. The topological polar surface area (TPSA) is 26.0 Å². The van der Waals surface area contributed by atoms with Crippen LogP contribution >= 0.6 is 23.2 Å². The third-order valence-corrected chi connectivity index (χ3v) is 4.16. The van der Waals surface area contributed by atoms with E-state index in [1.54, 1.807) is 6.07 Å². The minimum atomic E-state index is 0.480. The van der Waals surface area contributed by atoms with Crippen LogP contribution in [0.25, 0.3) is 11.1 Å². The molecule has 0 amide bonds. The zero-order valence-corrected chi connectivity index (χ0v) is 12.4. The summed E-state index contributed by atoms with van der Waals surface area (Å²) in [7, 11) is 0. The van der Waals surface area contributed by atoms with Gasteiger partial charge in [0.25, 0.3) is 0 Å². The van der Waals surface area contributed by atoms with Gasteiger partial charge in [0.1, 0.15) is 0 Å². The molecule has 1 unspecified atom stereocenters. The first kappa shape index (κ1) is 14.4. The van der Waals surface area contributed by atoms with E-state index in [0.29, 0.717) is 22.5 Å². The first-order valence-electron chi connectivity index (χ1n) is 6.38. The van der Waals surface area contributed by atoms with E-state index in [9.17, 15) is 0 Å². The van der Waals surface area contributed by atoms with E-state index in [-0.39, 0.29) is 0 Å². The molecule has 0 aliphatic heterocycles. The van der Waals surface area contributed by atoms with Gasteiger partial charge in [-0.2, -0.15) is 0 Å². The molecule has 2 N–H and O–H groups in total. The molecule has 0 bridgehead atoms. The van der Waals surface area contributed by atoms with Crippen molar-refractivity contribution in [3.05, 3.63) is 58.1 Å². The summed E-state index contributed by atoms with van der Waals surface area (Å²) in [6, 6.07) is 14.1. The van der Waals surface area contributed by atoms with Crippen molar-refractivity contribution >= 4 is 23.2 Å². The second-order valence-electron chi connectivity index (χ2n) is 4.70. The number of hydrogen-bond acceptors (Lipinski definition) is 1. The van der Waals surface area contributed by atoms with Gasteiger partial charge in [-0.3, -0.25) is 0 Å². The standard InChI is InChI=1S/C16H17Cl2N/c1-11(9-10-19)12-5-7-13(8-6-12)14-3-2-4-15(17)16(14)18/h2-8,11H,9-10,19H2,1H3.